The SMILES string of the molecule is C=C1CCO[C@]2([C@@H](O)[C@](C)(O)CO)NC(=O)[C@@]1(O)NC2=O. The normalized spacial score (nSPS) is 37.1. The Balaban J connectivity index is 2.47. The third kappa shape index (κ3) is 2.14. The fraction of sp³-hybridized carbons (Fsp3) is 0.667. The predicted molar refractivity (Wildman–Crippen MR) is 67.4 cm³/mol. The molecule has 9 nitrogen and oxygen atoms in total. The largest absolute Gasteiger partial charge is 0.393 e. The van der Waals surface area contributed by atoms with Crippen LogP contribution in [0.3, 0.4) is 0 Å². The molecule has 9 heteroatoms. The molecule has 2 bridgehead atoms. The van der Waals surface area contributed by atoms with Gasteiger partial charge < -0.3 is 35.8 Å². The molecule has 3 saturated heterocycles. The second-order valence-corrected chi connectivity index (χ2v) is 5.47. The van der Waals surface area contributed by atoms with E-state index in [1.54, 1.807) is 0 Å². The van der Waals surface area contributed by atoms with Gasteiger partial charge in [-0.3, -0.25) is 9.59 Å². The highest BCUT2D eigenvalue weighted by Gasteiger charge is 2.63. The summed E-state index contributed by atoms with van der Waals surface area (Å²) < 4.78 is 5.27. The maximum absolute atomic E-state index is 12.2. The Bertz CT molecular complexity index is 506. The number of rotatable bonds is 3. The Labute approximate surface area is 120 Å². The molecule has 3 aliphatic heterocycles. The number of carbonyl (C=O) groups excluding carboxylic acids is 2. The van der Waals surface area contributed by atoms with E-state index in [0.29, 0.717) is 0 Å². The van der Waals surface area contributed by atoms with Gasteiger partial charge in [-0.15, -0.1) is 0 Å². The highest BCUT2D eigenvalue weighted by Crippen LogP contribution is 2.32. The zero-order chi connectivity index (χ0) is 16.1. The molecule has 118 valence electrons. The summed E-state index contributed by atoms with van der Waals surface area (Å²) in [5.41, 5.74) is -6.69. The number of piperazine rings is 1. The molecular formula is C12H18N2O7. The molecule has 6 N–H and O–H groups in total. The highest BCUT2D eigenvalue weighted by atomic mass is 16.5. The molecule has 0 radical (unpaired) electrons. The van der Waals surface area contributed by atoms with Crippen LogP contribution in [0.4, 0.5) is 0 Å². The molecule has 3 rings (SSSR count). The van der Waals surface area contributed by atoms with Crippen LogP contribution < -0.4 is 10.6 Å². The number of hydrogen-bond acceptors (Lipinski definition) is 7. The lowest BCUT2D eigenvalue weighted by Gasteiger charge is -2.49. The molecule has 0 spiro atoms. The van der Waals surface area contributed by atoms with Crippen molar-refractivity contribution in [3.05, 3.63) is 12.2 Å². The van der Waals surface area contributed by atoms with Gasteiger partial charge in [0.2, 0.25) is 5.72 Å². The van der Waals surface area contributed by atoms with E-state index in [1.165, 1.54) is 0 Å². The number of hydrogen-bond donors (Lipinski definition) is 6. The molecule has 3 fully saturated rings. The van der Waals surface area contributed by atoms with Crippen LogP contribution in [0, 0.1) is 0 Å². The molecule has 2 amide bonds. The summed E-state index contributed by atoms with van der Waals surface area (Å²) in [6.45, 7) is 3.59. The number of nitrogens with one attached hydrogen (secondary N) is 2. The van der Waals surface area contributed by atoms with Crippen LogP contribution >= 0.6 is 0 Å². The first-order valence-corrected chi connectivity index (χ1v) is 6.31. The Morgan fingerprint density at radius 3 is 2.62 bits per heavy atom. The summed E-state index contributed by atoms with van der Waals surface area (Å²) in [6, 6.07) is 0. The molecule has 0 aromatic heterocycles. The van der Waals surface area contributed by atoms with Crippen LogP contribution in [0.25, 0.3) is 0 Å². The van der Waals surface area contributed by atoms with E-state index in [2.05, 4.69) is 11.9 Å². The molecule has 0 aromatic rings. The fourth-order valence-electron chi connectivity index (χ4n) is 2.29. The van der Waals surface area contributed by atoms with Crippen molar-refractivity contribution in [3.8, 4) is 0 Å². The van der Waals surface area contributed by atoms with Crippen molar-refractivity contribution >= 4 is 11.8 Å². The molecule has 0 aromatic carbocycles. The minimum atomic E-state index is -2.31. The number of amides is 2. The maximum atomic E-state index is 12.2. The number of carbonyl (C=O) groups is 2. The van der Waals surface area contributed by atoms with Crippen molar-refractivity contribution in [2.45, 2.75) is 36.5 Å². The van der Waals surface area contributed by atoms with Crippen molar-refractivity contribution < 1.29 is 34.8 Å². The Kier molecular flexibility index (Phi) is 3.59. The second-order valence-electron chi connectivity index (χ2n) is 5.47. The van der Waals surface area contributed by atoms with E-state index < -0.39 is 41.6 Å². The van der Waals surface area contributed by atoms with E-state index in [4.69, 9.17) is 9.84 Å². The van der Waals surface area contributed by atoms with E-state index in [9.17, 15) is 24.9 Å². The van der Waals surface area contributed by atoms with Gasteiger partial charge in [0, 0.05) is 0 Å². The van der Waals surface area contributed by atoms with Gasteiger partial charge in [0.25, 0.3) is 17.5 Å². The van der Waals surface area contributed by atoms with Crippen LogP contribution in [0.2, 0.25) is 0 Å². The minimum Gasteiger partial charge on any atom is -0.393 e. The third-order valence-electron chi connectivity index (χ3n) is 3.80. The number of aliphatic hydroxyl groups excluding tert-OH is 2. The first kappa shape index (κ1) is 15.9. The molecule has 0 saturated carbocycles. The third-order valence-corrected chi connectivity index (χ3v) is 3.80. The molecule has 0 unspecified atom stereocenters. The predicted octanol–water partition coefficient (Wildman–Crippen LogP) is -3.30. The fourth-order valence-corrected chi connectivity index (χ4v) is 2.29. The Morgan fingerprint density at radius 1 is 1.43 bits per heavy atom. The molecule has 3 heterocycles. The lowest BCUT2D eigenvalue weighted by Crippen LogP contribution is -2.82. The summed E-state index contributed by atoms with van der Waals surface area (Å²) in [6.07, 6.45) is -1.91. The van der Waals surface area contributed by atoms with E-state index >= 15 is 0 Å². The number of ether oxygens (including phenoxy) is 1. The van der Waals surface area contributed by atoms with Crippen LogP contribution in [0.5, 0.6) is 0 Å². The van der Waals surface area contributed by atoms with Gasteiger partial charge in [-0.2, -0.15) is 0 Å². The zero-order valence-corrected chi connectivity index (χ0v) is 11.4. The average Bonchev–Trinajstić information content (AvgIpc) is 2.42. The van der Waals surface area contributed by atoms with Crippen LogP contribution in [-0.2, 0) is 14.3 Å². The first-order chi connectivity index (χ1) is 9.60. The van der Waals surface area contributed by atoms with E-state index in [-0.39, 0.29) is 18.6 Å². The maximum Gasteiger partial charge on any atom is 0.280 e. The average molecular weight is 302 g/mol. The van der Waals surface area contributed by atoms with Crippen LogP contribution in [0.1, 0.15) is 13.3 Å². The number of fused-ring (bicyclic) bond motifs is 5. The van der Waals surface area contributed by atoms with E-state index in [0.717, 1.165) is 6.92 Å². The second kappa shape index (κ2) is 4.75. The van der Waals surface area contributed by atoms with Crippen LogP contribution in [-0.4, -0.2) is 68.6 Å². The van der Waals surface area contributed by atoms with Gasteiger partial charge in [-0.1, -0.05) is 6.58 Å². The standard InChI is InChI=1S/C12H18N2O7/c1-6-3-4-21-12(7(16)10(2,19)5-15)9(18)13-11(6,20)8(17)14-12/h7,15-16,19-20H,1,3-5H2,2H3,(H,13,18)(H,14,17)/t7-,10+,11+,12-/m0/s1. The number of aliphatic hydroxyl groups is 4. The quantitative estimate of drug-likeness (QED) is 0.299. The van der Waals surface area contributed by atoms with Crippen molar-refractivity contribution in [2.75, 3.05) is 13.2 Å². The Hall–Kier alpha value is -1.52. The highest BCUT2D eigenvalue weighted by molar-refractivity contribution is 6.02. The van der Waals surface area contributed by atoms with Gasteiger partial charge in [0.1, 0.15) is 11.7 Å². The summed E-state index contributed by atoms with van der Waals surface area (Å²) in [7, 11) is 0. The summed E-state index contributed by atoms with van der Waals surface area (Å²) >= 11 is 0. The molecule has 3 aliphatic rings. The zero-order valence-electron chi connectivity index (χ0n) is 11.4. The van der Waals surface area contributed by atoms with Gasteiger partial charge in [0.05, 0.1) is 13.2 Å². The van der Waals surface area contributed by atoms with Crippen molar-refractivity contribution in [2.24, 2.45) is 0 Å². The monoisotopic (exact) mass is 302 g/mol. The van der Waals surface area contributed by atoms with Gasteiger partial charge in [-0.25, -0.2) is 0 Å². The lowest BCUT2D eigenvalue weighted by atomic mass is 9.85. The summed E-state index contributed by atoms with van der Waals surface area (Å²) in [4.78, 5) is 24.3. The lowest BCUT2D eigenvalue weighted by molar-refractivity contribution is -0.230. The Morgan fingerprint density at radius 2 is 2.05 bits per heavy atom. The van der Waals surface area contributed by atoms with Gasteiger partial charge >= 0.3 is 0 Å². The topological polar surface area (TPSA) is 148 Å². The smallest absolute Gasteiger partial charge is 0.280 e. The van der Waals surface area contributed by atoms with Crippen LogP contribution in [0.15, 0.2) is 12.2 Å². The van der Waals surface area contributed by atoms with E-state index in [1.807, 2.05) is 5.32 Å². The molecule has 4 atom stereocenters. The molecular weight excluding hydrogens is 284 g/mol. The summed E-state index contributed by atoms with van der Waals surface area (Å²) in [5.74, 6) is -2.09. The van der Waals surface area contributed by atoms with Crippen molar-refractivity contribution in [1.29, 1.82) is 0 Å². The van der Waals surface area contributed by atoms with Gasteiger partial charge in [0.15, 0.2) is 0 Å². The minimum absolute atomic E-state index is 0.0325. The molecule has 0 aliphatic carbocycles. The van der Waals surface area contributed by atoms with Crippen molar-refractivity contribution in [3.63, 3.8) is 0 Å². The first-order valence-electron chi connectivity index (χ1n) is 6.31. The van der Waals surface area contributed by atoms with Gasteiger partial charge in [-0.05, 0) is 18.9 Å². The molecule has 21 heavy (non-hydrogen) atoms. The summed E-state index contributed by atoms with van der Waals surface area (Å²) in [5, 5.41) is 43.6. The van der Waals surface area contributed by atoms with Crippen molar-refractivity contribution in [1.82, 2.24) is 10.6 Å².